The molecule has 646 valence electrons. The van der Waals surface area contributed by atoms with E-state index in [1.165, 1.54) is 24.3 Å². The first-order valence-corrected chi connectivity index (χ1v) is 38.9. The highest BCUT2D eigenvalue weighted by Gasteiger charge is 2.31. The molecular weight excluding hydrogens is 1460 g/mol. The Bertz CT molecular complexity index is 3370. The van der Waals surface area contributed by atoms with Crippen LogP contribution in [0.1, 0.15) is 171 Å². The van der Waals surface area contributed by atoms with E-state index in [9.17, 15) is 68.4 Å². The van der Waals surface area contributed by atoms with Crippen LogP contribution in [0.15, 0.2) is 97.1 Å². The Labute approximate surface area is 680 Å². The first kappa shape index (κ1) is 110. The molecule has 0 aliphatic carbocycles. The number of hydrogen-bond donors (Lipinski definition) is 19. The Kier molecular flexibility index (Phi) is 59.6. The molecule has 4 amide bonds. The standard InChI is InChI=1S/C24H41N5O4.C24H40N4O4.2C17H27N3O3.3CH4/c1-4-16(2)23(25)22(32)15-28-19(7-5-6-12-27-3)21(31)14-29-20(24(26)33)13-17-8-10-18(30)11-9-17;1-4-16(2)23(25)21(30)14-18(7-5-6-12-27-3)22(31)15-28-20(24(26)32)13-17-8-10-19(29)11-9-17;1-4-11(2)16(19-3)15(22)10-20-14(17(18)23)9-12-5-7-13(21)8-6-12;1-4-11(2)16(18)15(22)10-20-14(17(23)19-3)9-12-5-7-13(21)8-6-12;;;/h8-11,16,19-20,23,27-30H,4-7,12-15,25H2,1-3H3,(H2,26,33);8-11,16,18,20,23,27-29H,4-7,12-15,25H2,1-3H3,(H2,26,32);5-8,11,14,16,19-21H,4,9-10H2,1-3H3,(H2,18,23);5-8,11,14,16,20-21H,4,9-10,18H2,1-3H3,(H,19,23);3*1H4/t16-,19-,20-,23-;16?,18-,20+,23+;2*11?,14-,16-;;;/m0100.../s1. The molecule has 29 nitrogen and oxygen atoms in total. The first-order valence-electron chi connectivity index (χ1n) is 38.9. The third kappa shape index (κ3) is 44.4. The number of Topliss-reactive ketones (excluding diaryl/α,β-unsaturated/α-hetero) is 6. The van der Waals surface area contributed by atoms with Crippen LogP contribution in [0.4, 0.5) is 0 Å². The zero-order chi connectivity index (χ0) is 83.7. The van der Waals surface area contributed by atoms with E-state index in [1.807, 2.05) is 69.5 Å². The summed E-state index contributed by atoms with van der Waals surface area (Å²) >= 11 is 0. The normalized spacial score (nSPS) is 14.5. The number of carbonyl (C=O) groups is 10. The van der Waals surface area contributed by atoms with E-state index in [-0.39, 0.29) is 155 Å². The average Bonchev–Trinajstić information content (AvgIpc) is 0.892. The average molecular weight is 1600 g/mol. The van der Waals surface area contributed by atoms with E-state index in [4.69, 9.17) is 34.4 Å². The number of nitrogens with one attached hydrogen (secondary N) is 9. The lowest BCUT2D eigenvalue weighted by Crippen LogP contribution is -2.50. The van der Waals surface area contributed by atoms with Crippen LogP contribution < -0.4 is 82.3 Å². The summed E-state index contributed by atoms with van der Waals surface area (Å²) in [4.78, 5) is 123. The van der Waals surface area contributed by atoms with Gasteiger partial charge in [-0.1, -0.05) is 165 Å². The van der Waals surface area contributed by atoms with Crippen molar-refractivity contribution in [2.45, 2.75) is 228 Å². The van der Waals surface area contributed by atoms with Gasteiger partial charge in [0.1, 0.15) is 28.8 Å². The van der Waals surface area contributed by atoms with Gasteiger partial charge in [0.05, 0.1) is 87.1 Å². The van der Waals surface area contributed by atoms with Gasteiger partial charge >= 0.3 is 0 Å². The molecule has 0 aliphatic rings. The summed E-state index contributed by atoms with van der Waals surface area (Å²) in [6.45, 7) is 17.6. The van der Waals surface area contributed by atoms with Crippen LogP contribution in [-0.2, 0) is 73.6 Å². The number of benzene rings is 4. The van der Waals surface area contributed by atoms with E-state index < -0.39 is 72.0 Å². The Morgan fingerprint density at radius 1 is 0.351 bits per heavy atom. The van der Waals surface area contributed by atoms with Crippen molar-refractivity contribution >= 4 is 58.3 Å². The van der Waals surface area contributed by atoms with Gasteiger partial charge in [-0.2, -0.15) is 0 Å². The summed E-state index contributed by atoms with van der Waals surface area (Å²) in [5.41, 5.74) is 37.9. The van der Waals surface area contributed by atoms with Crippen LogP contribution in [0.25, 0.3) is 0 Å². The highest BCUT2D eigenvalue weighted by molar-refractivity contribution is 5.93. The fraction of sp³-hybridized carbons (Fsp3) is 0.600. The summed E-state index contributed by atoms with van der Waals surface area (Å²) in [7, 11) is 7.06. The van der Waals surface area contributed by atoms with Crippen LogP contribution in [0, 0.1) is 29.6 Å². The number of hydrogen-bond acceptors (Lipinski definition) is 25. The van der Waals surface area contributed by atoms with Crippen LogP contribution in [0.5, 0.6) is 23.0 Å². The second-order valence-corrected chi connectivity index (χ2v) is 28.8. The number of nitrogens with two attached hydrogens (primary N) is 6. The number of rotatable bonds is 54. The van der Waals surface area contributed by atoms with Gasteiger partial charge in [-0.3, -0.25) is 69.2 Å². The van der Waals surface area contributed by atoms with Crippen LogP contribution in [0.2, 0.25) is 0 Å². The summed E-state index contributed by atoms with van der Waals surface area (Å²) < 4.78 is 0. The van der Waals surface area contributed by atoms with Gasteiger partial charge in [-0.15, -0.1) is 0 Å². The Morgan fingerprint density at radius 2 is 0.632 bits per heavy atom. The second-order valence-electron chi connectivity index (χ2n) is 28.8. The summed E-state index contributed by atoms with van der Waals surface area (Å²) in [6.07, 6.45) is 9.44. The van der Waals surface area contributed by atoms with E-state index in [0.29, 0.717) is 38.5 Å². The predicted molar refractivity (Wildman–Crippen MR) is 456 cm³/mol. The number of phenolic OH excluding ortho intramolecular Hbond substituents is 4. The molecule has 3 unspecified atom stereocenters. The Morgan fingerprint density at radius 3 is 0.939 bits per heavy atom. The summed E-state index contributed by atoms with van der Waals surface area (Å²) in [5.74, 6) is -1.75. The van der Waals surface area contributed by atoms with Gasteiger partial charge in [0.2, 0.25) is 23.6 Å². The minimum atomic E-state index is -0.733. The number of aromatic hydroxyl groups is 4. The lowest BCUT2D eigenvalue weighted by atomic mass is 9.86. The van der Waals surface area contributed by atoms with Gasteiger partial charge in [-0.05, 0) is 180 Å². The molecule has 4 aromatic carbocycles. The molecule has 0 fully saturated rings. The number of amides is 4. The highest BCUT2D eigenvalue weighted by atomic mass is 16.3. The zero-order valence-electron chi connectivity index (χ0n) is 67.7. The van der Waals surface area contributed by atoms with Crippen LogP contribution >= 0.6 is 0 Å². The predicted octanol–water partition coefficient (Wildman–Crippen LogP) is 4.59. The van der Waals surface area contributed by atoms with Gasteiger partial charge < -0.3 is 81.4 Å². The lowest BCUT2D eigenvalue weighted by Gasteiger charge is -2.22. The molecule has 0 saturated carbocycles. The van der Waals surface area contributed by atoms with Gasteiger partial charge in [0.15, 0.2) is 28.9 Å². The van der Waals surface area contributed by atoms with Crippen molar-refractivity contribution in [3.8, 4) is 23.0 Å². The Hall–Kier alpha value is -8.46. The molecule has 29 heteroatoms. The fourth-order valence-corrected chi connectivity index (χ4v) is 11.6. The smallest absolute Gasteiger partial charge is 0.237 e. The van der Waals surface area contributed by atoms with Crippen molar-refractivity contribution in [3.05, 3.63) is 119 Å². The molecule has 25 N–H and O–H groups in total. The van der Waals surface area contributed by atoms with E-state index in [1.54, 1.807) is 86.9 Å². The van der Waals surface area contributed by atoms with Gasteiger partial charge in [0.25, 0.3) is 0 Å². The topological polar surface area (TPSA) is 516 Å². The van der Waals surface area contributed by atoms with Crippen LogP contribution in [0.3, 0.4) is 0 Å². The molecule has 0 aromatic heterocycles. The first-order chi connectivity index (χ1) is 52.6. The third-order valence-electron chi connectivity index (χ3n) is 20.2. The maximum atomic E-state index is 13.0. The number of unbranched alkanes of at least 4 members (excludes halogenated alkanes) is 2. The molecule has 4 aromatic rings. The molecule has 0 aliphatic heterocycles. The summed E-state index contributed by atoms with van der Waals surface area (Å²) in [6, 6.07) is 21.1. The maximum absolute atomic E-state index is 13.0. The quantitative estimate of drug-likeness (QED) is 0.0269. The van der Waals surface area contributed by atoms with Crippen molar-refractivity contribution in [2.75, 3.05) is 74.0 Å². The van der Waals surface area contributed by atoms with Crippen molar-refractivity contribution < 1.29 is 68.4 Å². The van der Waals surface area contributed by atoms with Crippen molar-refractivity contribution in [1.82, 2.24) is 47.9 Å². The van der Waals surface area contributed by atoms with Crippen molar-refractivity contribution in [3.63, 3.8) is 0 Å². The lowest BCUT2D eigenvalue weighted by molar-refractivity contribution is -0.129. The molecular formula is C85H147N15O14. The molecule has 114 heavy (non-hydrogen) atoms. The minimum Gasteiger partial charge on any atom is -0.508 e. The van der Waals surface area contributed by atoms with Crippen molar-refractivity contribution in [1.29, 1.82) is 0 Å². The van der Waals surface area contributed by atoms with E-state index in [0.717, 1.165) is 86.7 Å². The Balaban J connectivity index is -0.00000145. The SMILES string of the molecule is C.C.C.CCC(C)[C@H](N)C(=O)CN[C@@H](Cc1ccc(O)cc1)C(=O)NC.CCC(C)[C@H](N)C(=O)C[C@@H](CCCCNC)C(=O)CN[C@@H](Cc1ccc(O)cc1)C(N)=O.CCC(C)[C@H](NC)C(=O)CN[C@@H](Cc1ccc(O)cc1)C(N)=O.CC[C@H](C)[C@H](N)C(=O)CN[C@@H](CCCCNC)C(=O)CN[C@@H](Cc1ccc(O)cc1)C(N)=O. The molecule has 4 rings (SSSR count). The maximum Gasteiger partial charge on any atom is 0.237 e. The fourth-order valence-electron chi connectivity index (χ4n) is 11.6. The van der Waals surface area contributed by atoms with E-state index >= 15 is 0 Å². The number of primary amides is 3. The molecule has 0 spiro atoms. The molecule has 0 bridgehead atoms. The molecule has 0 saturated heterocycles. The molecule has 0 radical (unpaired) electrons. The molecule has 14 atom stereocenters. The number of phenols is 4. The highest BCUT2D eigenvalue weighted by Crippen LogP contribution is 2.21. The minimum absolute atomic E-state index is 0. The number of likely N-dealkylation sites (N-methyl/N-ethyl adjacent to an activating group) is 2. The molecule has 0 heterocycles. The zero-order valence-corrected chi connectivity index (χ0v) is 67.7. The monoisotopic (exact) mass is 1600 g/mol. The van der Waals surface area contributed by atoms with Crippen LogP contribution in [-0.4, -0.2) is 207 Å². The largest absolute Gasteiger partial charge is 0.508 e. The van der Waals surface area contributed by atoms with Crippen molar-refractivity contribution in [2.24, 2.45) is 64.0 Å². The third-order valence-corrected chi connectivity index (χ3v) is 20.2. The number of ketones is 6. The number of carbonyl (C=O) groups excluding carboxylic acids is 10. The second kappa shape index (κ2) is 61.9. The van der Waals surface area contributed by atoms with Gasteiger partial charge in [0, 0.05) is 19.4 Å². The summed E-state index contributed by atoms with van der Waals surface area (Å²) in [5, 5.41) is 64.1. The van der Waals surface area contributed by atoms with Gasteiger partial charge in [-0.25, -0.2) is 0 Å². The van der Waals surface area contributed by atoms with E-state index in [2.05, 4.69) is 47.9 Å².